The summed E-state index contributed by atoms with van der Waals surface area (Å²) in [6.45, 7) is 2.34. The van der Waals surface area contributed by atoms with Crippen molar-refractivity contribution in [3.8, 4) is 5.75 Å². The van der Waals surface area contributed by atoms with Gasteiger partial charge >= 0.3 is 0 Å². The van der Waals surface area contributed by atoms with Crippen molar-refractivity contribution in [1.82, 2.24) is 5.06 Å². The largest absolute Gasteiger partial charge is 0.507 e. The number of benzene rings is 1. The lowest BCUT2D eigenvalue weighted by Crippen LogP contribution is -2.12. The molecule has 3 nitrogen and oxygen atoms in total. The molecule has 0 saturated carbocycles. The summed E-state index contributed by atoms with van der Waals surface area (Å²) < 4.78 is 0.687. The molecule has 0 radical (unpaired) electrons. The van der Waals surface area contributed by atoms with Crippen molar-refractivity contribution in [3.05, 3.63) is 27.7 Å². The standard InChI is InChI=1S/C9H12BrNO2/c1-6-7(5-11(2)13)3-4-8(12)9(6)10/h3-4,12-13H,5H2,1-2H3. The summed E-state index contributed by atoms with van der Waals surface area (Å²) in [6.07, 6.45) is 0. The lowest BCUT2D eigenvalue weighted by molar-refractivity contribution is -0.0733. The highest BCUT2D eigenvalue weighted by atomic mass is 79.9. The van der Waals surface area contributed by atoms with Gasteiger partial charge in [0.15, 0.2) is 0 Å². The van der Waals surface area contributed by atoms with Crippen LogP contribution in [-0.2, 0) is 6.54 Å². The maximum atomic E-state index is 9.34. The number of rotatable bonds is 2. The second-order valence-corrected chi connectivity index (χ2v) is 3.79. The van der Waals surface area contributed by atoms with Crippen LogP contribution in [0.1, 0.15) is 11.1 Å². The first-order chi connectivity index (χ1) is 6.02. The number of nitrogens with zero attached hydrogens (tertiary/aromatic N) is 1. The maximum Gasteiger partial charge on any atom is 0.130 e. The van der Waals surface area contributed by atoms with Gasteiger partial charge in [-0.05, 0) is 40.0 Å². The van der Waals surface area contributed by atoms with E-state index in [1.807, 2.05) is 6.92 Å². The van der Waals surface area contributed by atoms with Gasteiger partial charge in [-0.1, -0.05) is 6.07 Å². The molecule has 13 heavy (non-hydrogen) atoms. The number of hydrogen-bond acceptors (Lipinski definition) is 3. The average molecular weight is 246 g/mol. The average Bonchev–Trinajstić information content (AvgIpc) is 2.06. The molecule has 0 heterocycles. The third-order valence-corrected chi connectivity index (χ3v) is 2.88. The second-order valence-electron chi connectivity index (χ2n) is 3.00. The third kappa shape index (κ3) is 2.43. The molecular weight excluding hydrogens is 234 g/mol. The van der Waals surface area contributed by atoms with Crippen LogP contribution in [0.25, 0.3) is 0 Å². The molecule has 0 aliphatic carbocycles. The Labute approximate surface area is 85.7 Å². The van der Waals surface area contributed by atoms with E-state index < -0.39 is 0 Å². The van der Waals surface area contributed by atoms with E-state index in [2.05, 4.69) is 15.9 Å². The first-order valence-electron chi connectivity index (χ1n) is 3.89. The van der Waals surface area contributed by atoms with Gasteiger partial charge < -0.3 is 10.3 Å². The molecule has 1 aromatic carbocycles. The number of hydroxylamine groups is 2. The van der Waals surface area contributed by atoms with Crippen molar-refractivity contribution >= 4 is 15.9 Å². The molecule has 0 bridgehead atoms. The molecule has 1 aromatic rings. The van der Waals surface area contributed by atoms with Gasteiger partial charge in [0.25, 0.3) is 0 Å². The normalized spacial score (nSPS) is 10.8. The highest BCUT2D eigenvalue weighted by Gasteiger charge is 2.07. The molecule has 0 fully saturated rings. The summed E-state index contributed by atoms with van der Waals surface area (Å²) in [4.78, 5) is 0. The Morgan fingerprint density at radius 2 is 2.08 bits per heavy atom. The molecule has 0 aliphatic rings. The smallest absolute Gasteiger partial charge is 0.130 e. The molecule has 1 rings (SSSR count). The Hall–Kier alpha value is -0.580. The van der Waals surface area contributed by atoms with Crippen LogP contribution in [0.4, 0.5) is 0 Å². The number of phenols is 1. The second kappa shape index (κ2) is 4.09. The number of halogens is 1. The Balaban J connectivity index is 3.04. The Kier molecular flexibility index (Phi) is 3.30. The van der Waals surface area contributed by atoms with E-state index in [9.17, 15) is 5.11 Å². The van der Waals surface area contributed by atoms with Crippen LogP contribution in [-0.4, -0.2) is 22.4 Å². The van der Waals surface area contributed by atoms with Crippen molar-refractivity contribution in [2.45, 2.75) is 13.5 Å². The number of hydrogen-bond donors (Lipinski definition) is 2. The molecule has 0 aliphatic heterocycles. The molecule has 0 saturated heterocycles. The molecule has 0 atom stereocenters. The molecule has 0 amide bonds. The van der Waals surface area contributed by atoms with Crippen molar-refractivity contribution in [1.29, 1.82) is 0 Å². The van der Waals surface area contributed by atoms with Gasteiger partial charge in [-0.15, -0.1) is 0 Å². The highest BCUT2D eigenvalue weighted by Crippen LogP contribution is 2.29. The quantitative estimate of drug-likeness (QED) is 0.787. The molecule has 72 valence electrons. The van der Waals surface area contributed by atoms with Crippen LogP contribution >= 0.6 is 15.9 Å². The van der Waals surface area contributed by atoms with E-state index >= 15 is 0 Å². The van der Waals surface area contributed by atoms with Crippen molar-refractivity contribution in [2.75, 3.05) is 7.05 Å². The highest BCUT2D eigenvalue weighted by molar-refractivity contribution is 9.10. The first-order valence-corrected chi connectivity index (χ1v) is 4.68. The zero-order valence-corrected chi connectivity index (χ0v) is 9.17. The molecule has 0 aromatic heterocycles. The van der Waals surface area contributed by atoms with Crippen LogP contribution < -0.4 is 0 Å². The predicted molar refractivity (Wildman–Crippen MR) is 53.8 cm³/mol. The summed E-state index contributed by atoms with van der Waals surface area (Å²) >= 11 is 3.27. The third-order valence-electron chi connectivity index (χ3n) is 1.88. The van der Waals surface area contributed by atoms with Gasteiger partial charge in [0, 0.05) is 13.6 Å². The van der Waals surface area contributed by atoms with Crippen LogP contribution in [0, 0.1) is 6.92 Å². The summed E-state index contributed by atoms with van der Waals surface area (Å²) in [7, 11) is 1.58. The maximum absolute atomic E-state index is 9.34. The zero-order chi connectivity index (χ0) is 10.0. The van der Waals surface area contributed by atoms with E-state index in [1.165, 1.54) is 0 Å². The minimum Gasteiger partial charge on any atom is -0.507 e. The van der Waals surface area contributed by atoms with Gasteiger partial charge in [0.2, 0.25) is 0 Å². The fourth-order valence-electron chi connectivity index (χ4n) is 1.13. The van der Waals surface area contributed by atoms with Crippen molar-refractivity contribution in [2.24, 2.45) is 0 Å². The molecule has 2 N–H and O–H groups in total. The van der Waals surface area contributed by atoms with Gasteiger partial charge in [0.05, 0.1) is 4.47 Å². The lowest BCUT2D eigenvalue weighted by atomic mass is 10.1. The van der Waals surface area contributed by atoms with Gasteiger partial charge in [-0.3, -0.25) is 0 Å². The first kappa shape index (κ1) is 10.5. The van der Waals surface area contributed by atoms with Gasteiger partial charge in [-0.2, -0.15) is 5.06 Å². The number of phenolic OH excluding ortho intramolecular Hbond substituents is 1. The van der Waals surface area contributed by atoms with E-state index in [1.54, 1.807) is 19.2 Å². The van der Waals surface area contributed by atoms with Gasteiger partial charge in [-0.25, -0.2) is 0 Å². The van der Waals surface area contributed by atoms with Crippen LogP contribution in [0.5, 0.6) is 5.75 Å². The van der Waals surface area contributed by atoms with Crippen LogP contribution in [0.15, 0.2) is 16.6 Å². The fraction of sp³-hybridized carbons (Fsp3) is 0.333. The Morgan fingerprint density at radius 1 is 1.46 bits per heavy atom. The number of aromatic hydroxyl groups is 1. The zero-order valence-electron chi connectivity index (χ0n) is 7.58. The predicted octanol–water partition coefficient (Wildman–Crippen LogP) is 2.28. The summed E-state index contributed by atoms with van der Waals surface area (Å²) in [6, 6.07) is 3.40. The Bertz CT molecular complexity index is 313. The van der Waals surface area contributed by atoms with E-state index in [0.29, 0.717) is 11.0 Å². The summed E-state index contributed by atoms with van der Waals surface area (Å²) in [5, 5.41) is 19.5. The minimum atomic E-state index is 0.224. The van der Waals surface area contributed by atoms with Crippen LogP contribution in [0.3, 0.4) is 0 Å². The van der Waals surface area contributed by atoms with Crippen LogP contribution in [0.2, 0.25) is 0 Å². The monoisotopic (exact) mass is 245 g/mol. The minimum absolute atomic E-state index is 0.224. The molecule has 0 spiro atoms. The topological polar surface area (TPSA) is 43.7 Å². The van der Waals surface area contributed by atoms with E-state index in [0.717, 1.165) is 16.2 Å². The fourth-order valence-corrected chi connectivity index (χ4v) is 1.52. The lowest BCUT2D eigenvalue weighted by Gasteiger charge is -2.12. The summed E-state index contributed by atoms with van der Waals surface area (Å²) in [5.74, 6) is 0.224. The summed E-state index contributed by atoms with van der Waals surface area (Å²) in [5.41, 5.74) is 1.93. The molecule has 0 unspecified atom stereocenters. The molecular formula is C9H12BrNO2. The van der Waals surface area contributed by atoms with E-state index in [-0.39, 0.29) is 5.75 Å². The van der Waals surface area contributed by atoms with Crippen molar-refractivity contribution in [3.63, 3.8) is 0 Å². The van der Waals surface area contributed by atoms with E-state index in [4.69, 9.17) is 5.21 Å². The Morgan fingerprint density at radius 3 is 2.62 bits per heavy atom. The SMILES string of the molecule is Cc1c(CN(C)O)ccc(O)c1Br. The van der Waals surface area contributed by atoms with Gasteiger partial charge in [0.1, 0.15) is 5.75 Å². The van der Waals surface area contributed by atoms with Crippen molar-refractivity contribution < 1.29 is 10.3 Å². The molecule has 4 heteroatoms.